The average Bonchev–Trinajstić information content (AvgIpc) is 4.00. The number of nitriles is 1. The van der Waals surface area contributed by atoms with Crippen LogP contribution in [0.3, 0.4) is 0 Å². The lowest BCUT2D eigenvalue weighted by atomic mass is 10.1. The molecule has 0 saturated carbocycles. The van der Waals surface area contributed by atoms with Gasteiger partial charge in [0, 0.05) is 54.7 Å². The Labute approximate surface area is 344 Å². The van der Waals surface area contributed by atoms with Crippen molar-refractivity contribution in [3.05, 3.63) is 187 Å². The zero-order valence-corrected chi connectivity index (χ0v) is 31.0. The number of furan rings is 1. The molecule has 12 aromatic rings. The first-order valence-electron chi connectivity index (χ1n) is 21.6. The predicted molar refractivity (Wildman–Crippen MR) is 237 cm³/mol. The SMILES string of the molecule is [2H]c1c([2H])c([2H])c(-c2nc(-c3ccc4oc5ccccc5c4c3)nc(-c3cc(C#N)ccc3-n3c4ccccc4c4ccc5c(c6ccccc6n5-c5ccccc5)c43)n2)c([2H])c1[2H]. The molecule has 7 heteroatoms. The quantitative estimate of drug-likeness (QED) is 0.174. The highest BCUT2D eigenvalue weighted by Crippen LogP contribution is 2.43. The van der Waals surface area contributed by atoms with Crippen molar-refractivity contribution < 1.29 is 11.3 Å². The molecule has 0 aliphatic heterocycles. The summed E-state index contributed by atoms with van der Waals surface area (Å²) in [5.41, 5.74) is 8.20. The van der Waals surface area contributed by atoms with Crippen LogP contribution in [0.25, 0.3) is 111 Å². The van der Waals surface area contributed by atoms with Gasteiger partial charge in [-0.2, -0.15) is 5.26 Å². The molecule has 0 atom stereocenters. The summed E-state index contributed by atoms with van der Waals surface area (Å²) in [4.78, 5) is 14.9. The Morgan fingerprint density at radius 1 is 0.508 bits per heavy atom. The first-order chi connectivity index (χ1) is 31.3. The number of benzene rings is 8. The van der Waals surface area contributed by atoms with Crippen LogP contribution in [0.5, 0.6) is 0 Å². The van der Waals surface area contributed by atoms with E-state index in [-0.39, 0.29) is 23.0 Å². The minimum Gasteiger partial charge on any atom is -0.456 e. The van der Waals surface area contributed by atoms with Crippen molar-refractivity contribution in [3.8, 4) is 51.6 Å². The van der Waals surface area contributed by atoms with Crippen molar-refractivity contribution in [2.24, 2.45) is 0 Å². The summed E-state index contributed by atoms with van der Waals surface area (Å²) in [6, 6.07) is 49.7. The number of nitrogens with zero attached hydrogens (tertiary/aromatic N) is 6. The molecule has 0 spiro atoms. The van der Waals surface area contributed by atoms with Gasteiger partial charge in [0.1, 0.15) is 11.2 Å². The fraction of sp³-hybridized carbons (Fsp3) is 0. The highest BCUT2D eigenvalue weighted by Gasteiger charge is 2.24. The van der Waals surface area contributed by atoms with E-state index in [1.54, 1.807) is 12.1 Å². The van der Waals surface area contributed by atoms with Crippen molar-refractivity contribution in [3.63, 3.8) is 0 Å². The topological polar surface area (TPSA) is 85.5 Å². The largest absolute Gasteiger partial charge is 0.456 e. The third-order valence-corrected chi connectivity index (χ3v) is 11.1. The second-order valence-corrected chi connectivity index (χ2v) is 14.4. The predicted octanol–water partition coefficient (Wildman–Crippen LogP) is 12.8. The van der Waals surface area contributed by atoms with Crippen LogP contribution in [0, 0.1) is 11.3 Å². The van der Waals surface area contributed by atoms with E-state index in [0.717, 1.165) is 65.7 Å². The van der Waals surface area contributed by atoms with E-state index >= 15 is 0 Å². The molecule has 0 amide bonds. The van der Waals surface area contributed by atoms with Crippen LogP contribution >= 0.6 is 0 Å². The highest BCUT2D eigenvalue weighted by molar-refractivity contribution is 6.26. The molecule has 0 fully saturated rings. The van der Waals surface area contributed by atoms with Gasteiger partial charge in [0.25, 0.3) is 0 Å². The molecule has 0 bridgehead atoms. The van der Waals surface area contributed by atoms with Crippen LogP contribution in [0.15, 0.2) is 186 Å². The molecule has 0 aliphatic carbocycles. The Morgan fingerprint density at radius 2 is 1.19 bits per heavy atom. The number of rotatable bonds is 5. The summed E-state index contributed by atoms with van der Waals surface area (Å²) in [6.45, 7) is 0. The number of fused-ring (bicyclic) bond motifs is 10. The van der Waals surface area contributed by atoms with Gasteiger partial charge in [-0.3, -0.25) is 0 Å². The van der Waals surface area contributed by atoms with Crippen LogP contribution < -0.4 is 0 Å². The third kappa shape index (κ3) is 5.04. The molecule has 0 aliphatic rings. The summed E-state index contributed by atoms with van der Waals surface area (Å²) in [7, 11) is 0. The van der Waals surface area contributed by atoms with Gasteiger partial charge in [0.2, 0.25) is 0 Å². The molecular weight excluding hydrogens is 725 g/mol. The van der Waals surface area contributed by atoms with Gasteiger partial charge in [-0.15, -0.1) is 0 Å². The van der Waals surface area contributed by atoms with Gasteiger partial charge < -0.3 is 13.6 Å². The number of hydrogen-bond acceptors (Lipinski definition) is 5. The van der Waals surface area contributed by atoms with Gasteiger partial charge in [-0.05, 0) is 72.8 Å². The maximum atomic E-state index is 10.4. The molecular formula is C52H30N6O. The molecule has 7 nitrogen and oxygen atoms in total. The lowest BCUT2D eigenvalue weighted by Crippen LogP contribution is -2.04. The standard InChI is InChI=1S/C52H30N6O/c53-31-32-23-26-44(58-42-20-10-7-17-36(42)38-25-27-45-48(49(38)58)39-19-8-11-21-43(39)57(45)35-15-5-2-6-16-35)41(29-32)52-55-50(33-13-3-1-4-14-33)54-51(56-52)34-24-28-47-40(30-34)37-18-9-12-22-46(37)59-47/h1-30H/i1D,3D,4D,13D,14D. The maximum absolute atomic E-state index is 10.4. The Kier molecular flexibility index (Phi) is 6.12. The summed E-state index contributed by atoms with van der Waals surface area (Å²) in [5, 5.41) is 16.3. The van der Waals surface area contributed by atoms with Crippen LogP contribution in [-0.2, 0) is 0 Å². The first kappa shape index (κ1) is 28.1. The van der Waals surface area contributed by atoms with Crippen LogP contribution in [-0.4, -0.2) is 24.1 Å². The molecule has 0 unspecified atom stereocenters. The molecule has 12 rings (SSSR count). The highest BCUT2D eigenvalue weighted by atomic mass is 16.3. The number of para-hydroxylation sites is 4. The molecule has 0 saturated heterocycles. The molecule has 0 N–H and O–H groups in total. The van der Waals surface area contributed by atoms with Crippen molar-refractivity contribution in [2.45, 2.75) is 0 Å². The summed E-state index contributed by atoms with van der Waals surface area (Å²) < 4.78 is 54.0. The van der Waals surface area contributed by atoms with E-state index in [1.807, 2.05) is 91.0 Å². The average molecular weight is 760 g/mol. The van der Waals surface area contributed by atoms with Crippen molar-refractivity contribution in [1.82, 2.24) is 24.1 Å². The van der Waals surface area contributed by atoms with E-state index in [1.165, 1.54) is 0 Å². The Bertz CT molecular complexity index is 3970. The van der Waals surface area contributed by atoms with Gasteiger partial charge in [-0.1, -0.05) is 109 Å². The van der Waals surface area contributed by atoms with Crippen molar-refractivity contribution >= 4 is 65.6 Å². The van der Waals surface area contributed by atoms with Crippen molar-refractivity contribution in [2.75, 3.05) is 0 Å². The van der Waals surface area contributed by atoms with Crippen LogP contribution in [0.2, 0.25) is 0 Å². The monoisotopic (exact) mass is 759 g/mol. The minimum atomic E-state index is -0.527. The van der Waals surface area contributed by atoms with Gasteiger partial charge in [0.15, 0.2) is 17.5 Å². The lowest BCUT2D eigenvalue weighted by molar-refractivity contribution is 0.669. The van der Waals surface area contributed by atoms with Gasteiger partial charge in [-0.25, -0.2) is 15.0 Å². The Morgan fingerprint density at radius 3 is 2.00 bits per heavy atom. The Hall–Kier alpha value is -8.34. The number of aromatic nitrogens is 5. The smallest absolute Gasteiger partial charge is 0.166 e. The lowest BCUT2D eigenvalue weighted by Gasteiger charge is -2.15. The van der Waals surface area contributed by atoms with E-state index < -0.39 is 30.2 Å². The van der Waals surface area contributed by atoms with Gasteiger partial charge >= 0.3 is 0 Å². The van der Waals surface area contributed by atoms with Crippen molar-refractivity contribution in [1.29, 1.82) is 5.26 Å². The fourth-order valence-electron chi connectivity index (χ4n) is 8.56. The zero-order chi connectivity index (χ0) is 43.4. The molecule has 8 aromatic carbocycles. The maximum Gasteiger partial charge on any atom is 0.166 e. The van der Waals surface area contributed by atoms with Crippen LogP contribution in [0.1, 0.15) is 12.4 Å². The summed E-state index contributed by atoms with van der Waals surface area (Å²) in [5.74, 6) is 0.224. The van der Waals surface area contributed by atoms with Crippen LogP contribution in [0.4, 0.5) is 0 Å². The third-order valence-electron chi connectivity index (χ3n) is 11.1. The molecule has 274 valence electrons. The van der Waals surface area contributed by atoms with E-state index in [9.17, 15) is 5.26 Å². The molecule has 4 aromatic heterocycles. The first-order valence-corrected chi connectivity index (χ1v) is 19.1. The summed E-state index contributed by atoms with van der Waals surface area (Å²) >= 11 is 0. The molecule has 0 radical (unpaired) electrons. The minimum absolute atomic E-state index is 0.113. The van der Waals surface area contributed by atoms with Gasteiger partial charge in [0.05, 0.1) is 46.2 Å². The van der Waals surface area contributed by atoms with E-state index in [2.05, 4.69) is 63.7 Å². The normalized spacial score (nSPS) is 12.9. The van der Waals surface area contributed by atoms with E-state index in [0.29, 0.717) is 28.0 Å². The second-order valence-electron chi connectivity index (χ2n) is 14.4. The zero-order valence-electron chi connectivity index (χ0n) is 36.0. The summed E-state index contributed by atoms with van der Waals surface area (Å²) in [6.07, 6.45) is 0. The molecule has 59 heavy (non-hydrogen) atoms. The van der Waals surface area contributed by atoms with E-state index in [4.69, 9.17) is 26.2 Å². The Balaban J connectivity index is 1.20. The fourth-order valence-corrected chi connectivity index (χ4v) is 8.56. The second kappa shape index (κ2) is 12.8. The molecule has 4 heterocycles. The number of hydrogen-bond donors (Lipinski definition) is 0.